The Hall–Kier alpha value is -1.88. The van der Waals surface area contributed by atoms with Gasteiger partial charge in [-0.2, -0.15) is 0 Å². The van der Waals surface area contributed by atoms with Gasteiger partial charge in [0.2, 0.25) is 0 Å². The number of carbonyl (C=O) groups is 1. The molecule has 0 unspecified atom stereocenters. The van der Waals surface area contributed by atoms with Gasteiger partial charge in [0.05, 0.1) is 0 Å². The highest BCUT2D eigenvalue weighted by Crippen LogP contribution is 2.10. The van der Waals surface area contributed by atoms with E-state index in [9.17, 15) is 4.79 Å². The average Bonchev–Trinajstić information content (AvgIpc) is 2.38. The van der Waals surface area contributed by atoms with Crippen molar-refractivity contribution in [1.82, 2.24) is 4.98 Å². The molecule has 0 spiro atoms. The van der Waals surface area contributed by atoms with E-state index in [4.69, 9.17) is 4.74 Å². The Kier molecular flexibility index (Phi) is 4.30. The van der Waals surface area contributed by atoms with E-state index in [1.54, 1.807) is 18.2 Å². The van der Waals surface area contributed by atoms with Gasteiger partial charge in [0.1, 0.15) is 17.0 Å². The highest BCUT2D eigenvalue weighted by atomic mass is 79.9. The summed E-state index contributed by atoms with van der Waals surface area (Å²) in [6.45, 7) is 0.237. The van der Waals surface area contributed by atoms with Gasteiger partial charge in [0, 0.05) is 0 Å². The molecule has 2 rings (SSSR count). The highest BCUT2D eigenvalue weighted by molar-refractivity contribution is 9.10. The molecule has 0 bridgehead atoms. The Balaban J connectivity index is 1.86. The quantitative estimate of drug-likeness (QED) is 0.882. The Morgan fingerprint density at radius 2 is 1.94 bits per heavy atom. The van der Waals surface area contributed by atoms with E-state index < -0.39 is 6.09 Å². The molecule has 1 amide bonds. The summed E-state index contributed by atoms with van der Waals surface area (Å²) in [5.41, 5.74) is 0.940. The van der Waals surface area contributed by atoms with E-state index in [2.05, 4.69) is 26.2 Å². The van der Waals surface area contributed by atoms with Gasteiger partial charge >= 0.3 is 6.09 Å². The molecule has 0 radical (unpaired) electrons. The number of aromatic nitrogens is 1. The van der Waals surface area contributed by atoms with E-state index in [1.807, 2.05) is 30.3 Å². The first-order valence-electron chi connectivity index (χ1n) is 5.34. The summed E-state index contributed by atoms with van der Waals surface area (Å²) >= 11 is 3.22. The van der Waals surface area contributed by atoms with Crippen LogP contribution < -0.4 is 5.32 Å². The van der Waals surface area contributed by atoms with E-state index >= 15 is 0 Å². The minimum absolute atomic E-state index is 0.237. The molecule has 18 heavy (non-hydrogen) atoms. The van der Waals surface area contributed by atoms with Crippen molar-refractivity contribution in [3.63, 3.8) is 0 Å². The van der Waals surface area contributed by atoms with Crippen LogP contribution in [0, 0.1) is 0 Å². The topological polar surface area (TPSA) is 51.2 Å². The zero-order valence-corrected chi connectivity index (χ0v) is 11.1. The number of pyridine rings is 1. The summed E-state index contributed by atoms with van der Waals surface area (Å²) in [7, 11) is 0. The second kappa shape index (κ2) is 6.16. The molecule has 2 aromatic rings. The lowest BCUT2D eigenvalue weighted by Crippen LogP contribution is -2.14. The maximum absolute atomic E-state index is 11.5. The minimum Gasteiger partial charge on any atom is -0.444 e. The molecule has 0 aliphatic rings. The van der Waals surface area contributed by atoms with Crippen molar-refractivity contribution >= 4 is 27.8 Å². The second-order valence-electron chi connectivity index (χ2n) is 3.53. The van der Waals surface area contributed by atoms with Gasteiger partial charge in [-0.15, -0.1) is 0 Å². The maximum Gasteiger partial charge on any atom is 0.413 e. The van der Waals surface area contributed by atoms with Crippen LogP contribution in [-0.2, 0) is 11.3 Å². The van der Waals surface area contributed by atoms with Gasteiger partial charge in [-0.25, -0.2) is 9.78 Å². The van der Waals surface area contributed by atoms with Crippen molar-refractivity contribution in [3.05, 3.63) is 58.7 Å². The van der Waals surface area contributed by atoms with Gasteiger partial charge in [-0.1, -0.05) is 36.4 Å². The SMILES string of the molecule is O=C(Nc1cccc(Br)n1)OCc1ccccc1. The van der Waals surface area contributed by atoms with Crippen LogP contribution in [0.25, 0.3) is 0 Å². The van der Waals surface area contributed by atoms with Crippen LogP contribution in [0.3, 0.4) is 0 Å². The normalized spacial score (nSPS) is 9.83. The molecule has 0 atom stereocenters. The second-order valence-corrected chi connectivity index (χ2v) is 4.34. The molecule has 1 aromatic heterocycles. The van der Waals surface area contributed by atoms with Crippen molar-refractivity contribution in [3.8, 4) is 0 Å². The molecular formula is C13H11BrN2O2. The molecule has 4 nitrogen and oxygen atoms in total. The number of hydrogen-bond donors (Lipinski definition) is 1. The van der Waals surface area contributed by atoms with Crippen molar-refractivity contribution in [2.45, 2.75) is 6.61 Å². The predicted molar refractivity (Wildman–Crippen MR) is 72.2 cm³/mol. The van der Waals surface area contributed by atoms with E-state index in [-0.39, 0.29) is 6.61 Å². The number of hydrogen-bond acceptors (Lipinski definition) is 3. The molecule has 5 heteroatoms. The van der Waals surface area contributed by atoms with Gasteiger partial charge in [-0.3, -0.25) is 5.32 Å². The van der Waals surface area contributed by atoms with Crippen molar-refractivity contribution in [2.75, 3.05) is 5.32 Å². The number of carbonyl (C=O) groups excluding carboxylic acids is 1. The fourth-order valence-corrected chi connectivity index (χ4v) is 1.69. The largest absolute Gasteiger partial charge is 0.444 e. The van der Waals surface area contributed by atoms with E-state index in [1.165, 1.54) is 0 Å². The van der Waals surface area contributed by atoms with Crippen LogP contribution in [0.5, 0.6) is 0 Å². The van der Waals surface area contributed by atoms with Crippen LogP contribution in [0.15, 0.2) is 53.1 Å². The molecule has 0 saturated carbocycles. The molecule has 0 saturated heterocycles. The molecular weight excluding hydrogens is 296 g/mol. The summed E-state index contributed by atoms with van der Waals surface area (Å²) in [6, 6.07) is 14.7. The summed E-state index contributed by atoms with van der Waals surface area (Å²) in [5.74, 6) is 0.447. The minimum atomic E-state index is -0.524. The van der Waals surface area contributed by atoms with E-state index in [0.717, 1.165) is 5.56 Å². The molecule has 1 N–H and O–H groups in total. The van der Waals surface area contributed by atoms with Crippen molar-refractivity contribution in [1.29, 1.82) is 0 Å². The number of halogens is 1. The molecule has 0 aliphatic heterocycles. The number of benzene rings is 1. The Morgan fingerprint density at radius 1 is 1.17 bits per heavy atom. The van der Waals surface area contributed by atoms with Gasteiger partial charge in [0.25, 0.3) is 0 Å². The fourth-order valence-electron chi connectivity index (χ4n) is 1.34. The predicted octanol–water partition coefficient (Wildman–Crippen LogP) is 3.59. The third kappa shape index (κ3) is 3.85. The Morgan fingerprint density at radius 3 is 2.67 bits per heavy atom. The van der Waals surface area contributed by atoms with Crippen LogP contribution in [0.4, 0.5) is 10.6 Å². The first-order chi connectivity index (χ1) is 8.74. The number of anilines is 1. The summed E-state index contributed by atoms with van der Waals surface area (Å²) in [5, 5.41) is 2.55. The van der Waals surface area contributed by atoms with Crippen molar-refractivity contribution in [2.24, 2.45) is 0 Å². The first-order valence-corrected chi connectivity index (χ1v) is 6.13. The van der Waals surface area contributed by atoms with Crippen LogP contribution in [0.1, 0.15) is 5.56 Å². The highest BCUT2D eigenvalue weighted by Gasteiger charge is 2.04. The smallest absolute Gasteiger partial charge is 0.413 e. The average molecular weight is 307 g/mol. The molecule has 1 heterocycles. The Bertz CT molecular complexity index is 532. The monoisotopic (exact) mass is 306 g/mol. The lowest BCUT2D eigenvalue weighted by atomic mass is 10.2. The van der Waals surface area contributed by atoms with Gasteiger partial charge in [0.15, 0.2) is 0 Å². The lowest BCUT2D eigenvalue weighted by molar-refractivity contribution is 0.155. The molecule has 92 valence electrons. The van der Waals surface area contributed by atoms with Crippen molar-refractivity contribution < 1.29 is 9.53 Å². The number of nitrogens with zero attached hydrogens (tertiary/aromatic N) is 1. The third-order valence-corrected chi connectivity index (χ3v) is 2.60. The Labute approximate surface area is 113 Å². The zero-order valence-electron chi connectivity index (χ0n) is 9.47. The number of amides is 1. The summed E-state index contributed by atoms with van der Waals surface area (Å²) in [4.78, 5) is 15.6. The van der Waals surface area contributed by atoms with Gasteiger partial charge < -0.3 is 4.74 Å². The summed E-state index contributed by atoms with van der Waals surface area (Å²) in [6.07, 6.45) is -0.524. The standard InChI is InChI=1S/C13H11BrN2O2/c14-11-7-4-8-12(15-11)16-13(17)18-9-10-5-2-1-3-6-10/h1-8H,9H2,(H,15,16,17). The van der Waals surface area contributed by atoms with Crippen LogP contribution in [-0.4, -0.2) is 11.1 Å². The fraction of sp³-hybridized carbons (Fsp3) is 0.0769. The molecule has 0 aliphatic carbocycles. The third-order valence-electron chi connectivity index (χ3n) is 2.16. The lowest BCUT2D eigenvalue weighted by Gasteiger charge is -2.06. The maximum atomic E-state index is 11.5. The first kappa shape index (κ1) is 12.6. The van der Waals surface area contributed by atoms with Crippen LogP contribution in [0.2, 0.25) is 0 Å². The van der Waals surface area contributed by atoms with Gasteiger partial charge in [-0.05, 0) is 33.6 Å². The van der Waals surface area contributed by atoms with Crippen LogP contribution >= 0.6 is 15.9 Å². The number of nitrogens with one attached hydrogen (secondary N) is 1. The number of rotatable bonds is 3. The zero-order chi connectivity index (χ0) is 12.8. The molecule has 0 fully saturated rings. The molecule has 1 aromatic carbocycles. The number of ether oxygens (including phenoxy) is 1. The summed E-state index contributed by atoms with van der Waals surface area (Å²) < 4.78 is 5.72. The van der Waals surface area contributed by atoms with E-state index in [0.29, 0.717) is 10.4 Å².